The smallest absolute Gasteiger partial charge is 0.233 e. The number of nitrogens with zero attached hydrogens (tertiary/aromatic N) is 5. The average Bonchev–Trinajstić information content (AvgIpc) is 3.24. The van der Waals surface area contributed by atoms with Crippen LogP contribution in [0.4, 0.5) is 10.2 Å². The molecule has 2 fully saturated rings. The van der Waals surface area contributed by atoms with Crippen molar-refractivity contribution in [2.75, 3.05) is 19.1 Å². The molecule has 166 valence electrons. The zero-order valence-electron chi connectivity index (χ0n) is 17.9. The molecule has 2 aliphatic rings. The maximum Gasteiger partial charge on any atom is 0.233 e. The van der Waals surface area contributed by atoms with Gasteiger partial charge in [-0.3, -0.25) is 4.98 Å². The summed E-state index contributed by atoms with van der Waals surface area (Å²) in [5.74, 6) is 1.09. The Balaban J connectivity index is 1.35. The fraction of sp³-hybridized carbons (Fsp3) is 0.391. The summed E-state index contributed by atoms with van der Waals surface area (Å²) < 4.78 is 20.0. The molecule has 0 amide bonds. The summed E-state index contributed by atoms with van der Waals surface area (Å²) in [6.45, 7) is 0. The first-order valence-corrected chi connectivity index (χ1v) is 10.7. The zero-order valence-corrected chi connectivity index (χ0v) is 17.9. The Morgan fingerprint density at radius 3 is 2.75 bits per heavy atom. The van der Waals surface area contributed by atoms with Crippen molar-refractivity contribution in [2.45, 2.75) is 43.6 Å². The third-order valence-electron chi connectivity index (χ3n) is 6.50. The summed E-state index contributed by atoms with van der Waals surface area (Å²) in [7, 11) is 3.40. The van der Waals surface area contributed by atoms with Crippen LogP contribution in [-0.4, -0.2) is 63.7 Å². The van der Waals surface area contributed by atoms with E-state index in [1.165, 1.54) is 7.11 Å². The van der Waals surface area contributed by atoms with Gasteiger partial charge < -0.3 is 20.1 Å². The fourth-order valence-corrected chi connectivity index (χ4v) is 4.69. The minimum atomic E-state index is -0.932. The number of alkyl halides is 1. The Labute approximate surface area is 185 Å². The number of phenolic OH excluding ortho intramolecular Hbond substituents is 1. The summed E-state index contributed by atoms with van der Waals surface area (Å²) in [5.41, 5.74) is 2.66. The molecule has 2 aromatic heterocycles. The minimum Gasteiger partial charge on any atom is -0.507 e. The molecule has 2 aliphatic heterocycles. The van der Waals surface area contributed by atoms with Crippen molar-refractivity contribution >= 4 is 5.82 Å². The van der Waals surface area contributed by atoms with Crippen molar-refractivity contribution in [1.29, 1.82) is 0 Å². The number of aromatic hydroxyl groups is 1. The molecular formula is C23H25FN6O2. The first-order chi connectivity index (χ1) is 15.5. The van der Waals surface area contributed by atoms with Crippen molar-refractivity contribution in [1.82, 2.24) is 25.5 Å². The monoisotopic (exact) mass is 436 g/mol. The van der Waals surface area contributed by atoms with Crippen molar-refractivity contribution in [3.05, 3.63) is 42.9 Å². The van der Waals surface area contributed by atoms with Crippen LogP contribution >= 0.6 is 0 Å². The SMILES string of the molecule is COc1cc(-c2ccc(-c3cnc(N(C)C4C[C@@H]5CC[C@@H](N5)[C@H]4F)cn3)c(O)c2)cnn1. The van der Waals surface area contributed by atoms with Gasteiger partial charge in [0.05, 0.1) is 37.4 Å². The van der Waals surface area contributed by atoms with E-state index >= 15 is 0 Å². The Kier molecular flexibility index (Phi) is 5.34. The van der Waals surface area contributed by atoms with Crippen molar-refractivity contribution in [3.8, 4) is 34.0 Å². The number of aromatic nitrogens is 4. The van der Waals surface area contributed by atoms with Gasteiger partial charge in [-0.15, -0.1) is 5.10 Å². The Hall–Kier alpha value is -3.33. The number of benzene rings is 1. The number of piperidine rings is 1. The lowest BCUT2D eigenvalue weighted by Gasteiger charge is -2.38. The molecule has 0 spiro atoms. The normalized spacial score (nSPS) is 24.3. The number of ether oxygens (including phenoxy) is 1. The van der Waals surface area contributed by atoms with Gasteiger partial charge >= 0.3 is 0 Å². The molecule has 2 bridgehead atoms. The maximum atomic E-state index is 14.9. The highest BCUT2D eigenvalue weighted by Crippen LogP contribution is 2.35. The molecule has 4 atom stereocenters. The van der Waals surface area contributed by atoms with E-state index in [0.717, 1.165) is 30.4 Å². The van der Waals surface area contributed by atoms with Crippen LogP contribution in [-0.2, 0) is 0 Å². The molecular weight excluding hydrogens is 411 g/mol. The van der Waals surface area contributed by atoms with E-state index in [0.29, 0.717) is 29.0 Å². The zero-order chi connectivity index (χ0) is 22.2. The van der Waals surface area contributed by atoms with E-state index in [1.807, 2.05) is 18.0 Å². The largest absolute Gasteiger partial charge is 0.507 e. The third kappa shape index (κ3) is 3.73. The molecule has 1 unspecified atom stereocenters. The molecule has 3 aromatic rings. The van der Waals surface area contributed by atoms with Gasteiger partial charge in [0, 0.05) is 36.3 Å². The molecule has 1 aromatic carbocycles. The number of rotatable bonds is 5. The van der Waals surface area contributed by atoms with Crippen molar-refractivity contribution in [2.24, 2.45) is 0 Å². The van der Waals surface area contributed by atoms with Gasteiger partial charge in [0.25, 0.3) is 0 Å². The summed E-state index contributed by atoms with van der Waals surface area (Å²) >= 11 is 0. The number of nitrogens with one attached hydrogen (secondary N) is 1. The summed E-state index contributed by atoms with van der Waals surface area (Å²) in [4.78, 5) is 10.9. The highest BCUT2D eigenvalue weighted by molar-refractivity contribution is 5.74. The van der Waals surface area contributed by atoms with Crippen LogP contribution in [0.3, 0.4) is 0 Å². The second-order valence-corrected chi connectivity index (χ2v) is 8.38. The van der Waals surface area contributed by atoms with Crippen molar-refractivity contribution in [3.63, 3.8) is 0 Å². The van der Waals surface area contributed by atoms with E-state index in [-0.39, 0.29) is 17.8 Å². The standard InChI is InChI=1S/C23H25FN6O2/c1-30(19-9-15-4-6-17(28-15)23(19)24)21-12-25-18(11-26-21)16-5-3-13(7-20(16)31)14-8-22(32-2)29-27-10-14/h3,5,7-8,10-12,15,17,19,23,28,31H,4,6,9H2,1-2H3/t15-,17+,19?,23+/m0/s1. The van der Waals surface area contributed by atoms with E-state index < -0.39 is 6.17 Å². The number of fused-ring (bicyclic) bond motifs is 2. The highest BCUT2D eigenvalue weighted by atomic mass is 19.1. The molecule has 5 rings (SSSR count). The van der Waals surface area contributed by atoms with Crippen LogP contribution in [0.1, 0.15) is 19.3 Å². The Bertz CT molecular complexity index is 1110. The molecule has 2 N–H and O–H groups in total. The third-order valence-corrected chi connectivity index (χ3v) is 6.50. The molecule has 4 heterocycles. The number of halogens is 1. The second kappa shape index (κ2) is 8.31. The average molecular weight is 436 g/mol. The Morgan fingerprint density at radius 2 is 2.00 bits per heavy atom. The quantitative estimate of drug-likeness (QED) is 0.630. The van der Waals surface area contributed by atoms with Crippen LogP contribution in [0.2, 0.25) is 0 Å². The van der Waals surface area contributed by atoms with Gasteiger partial charge in [0.15, 0.2) is 0 Å². The van der Waals surface area contributed by atoms with Gasteiger partial charge in [-0.2, -0.15) is 5.10 Å². The maximum absolute atomic E-state index is 14.9. The van der Waals surface area contributed by atoms with Crippen molar-refractivity contribution < 1.29 is 14.2 Å². The lowest BCUT2D eigenvalue weighted by Crippen LogP contribution is -2.55. The first kappa shape index (κ1) is 20.6. The number of hydrogen-bond donors (Lipinski definition) is 2. The summed E-state index contributed by atoms with van der Waals surface area (Å²) in [6.07, 6.45) is 6.59. The van der Waals surface area contributed by atoms with E-state index in [2.05, 4.69) is 25.5 Å². The van der Waals surface area contributed by atoms with Gasteiger partial charge in [-0.25, -0.2) is 9.37 Å². The van der Waals surface area contributed by atoms with Gasteiger partial charge in [0.2, 0.25) is 5.88 Å². The number of methoxy groups -OCH3 is 1. The molecule has 0 radical (unpaired) electrons. The van der Waals surface area contributed by atoms with Crippen LogP contribution in [0.5, 0.6) is 11.6 Å². The summed E-state index contributed by atoms with van der Waals surface area (Å²) in [5, 5.41) is 21.7. The van der Waals surface area contributed by atoms with Crippen LogP contribution in [0.25, 0.3) is 22.4 Å². The molecule has 2 saturated heterocycles. The molecule has 9 heteroatoms. The van der Waals surface area contributed by atoms with E-state index in [1.54, 1.807) is 36.8 Å². The van der Waals surface area contributed by atoms with E-state index in [9.17, 15) is 9.50 Å². The Morgan fingerprint density at radius 1 is 1.12 bits per heavy atom. The molecule has 8 nitrogen and oxygen atoms in total. The van der Waals surface area contributed by atoms with Crippen LogP contribution in [0.15, 0.2) is 42.9 Å². The predicted molar refractivity (Wildman–Crippen MR) is 118 cm³/mol. The van der Waals surface area contributed by atoms with E-state index in [4.69, 9.17) is 4.74 Å². The topological polar surface area (TPSA) is 96.3 Å². The molecule has 32 heavy (non-hydrogen) atoms. The second-order valence-electron chi connectivity index (χ2n) is 8.38. The van der Waals surface area contributed by atoms with Gasteiger partial charge in [-0.1, -0.05) is 6.07 Å². The predicted octanol–water partition coefficient (Wildman–Crippen LogP) is 2.98. The first-order valence-electron chi connectivity index (χ1n) is 10.7. The van der Waals surface area contributed by atoms with Gasteiger partial charge in [-0.05, 0) is 37.0 Å². The lowest BCUT2D eigenvalue weighted by atomic mass is 9.96. The number of hydrogen-bond acceptors (Lipinski definition) is 8. The molecule has 0 aliphatic carbocycles. The van der Waals surface area contributed by atoms with Crippen LogP contribution < -0.4 is 15.0 Å². The lowest BCUT2D eigenvalue weighted by molar-refractivity contribution is 0.176. The number of anilines is 1. The fourth-order valence-electron chi connectivity index (χ4n) is 4.69. The highest BCUT2D eigenvalue weighted by Gasteiger charge is 2.43. The van der Waals surface area contributed by atoms with Gasteiger partial charge in [0.1, 0.15) is 17.7 Å². The van der Waals surface area contributed by atoms with Crippen LogP contribution in [0, 0.1) is 0 Å². The summed E-state index contributed by atoms with van der Waals surface area (Å²) in [6, 6.07) is 7.13. The minimum absolute atomic E-state index is 0.0699. The number of phenols is 1. The molecule has 0 saturated carbocycles.